The predicted octanol–water partition coefficient (Wildman–Crippen LogP) is 9.89. The Hall–Kier alpha value is -5.68. The molecule has 2 aromatic carbocycles. The van der Waals surface area contributed by atoms with Crippen molar-refractivity contribution in [3.8, 4) is 0 Å². The van der Waals surface area contributed by atoms with Gasteiger partial charge in [-0.15, -0.1) is 0 Å². The maximum Gasteiger partial charge on any atom is 0.302 e. The van der Waals surface area contributed by atoms with Crippen molar-refractivity contribution in [3.05, 3.63) is 141 Å². The molecule has 0 radical (unpaired) electrons. The highest BCUT2D eigenvalue weighted by Crippen LogP contribution is 2.65. The fourth-order valence-electron chi connectivity index (χ4n) is 13.0. The smallest absolute Gasteiger partial charge is 0.302 e. The normalized spacial score (nSPS) is 19.4. The minimum atomic E-state index is -0.211. The van der Waals surface area contributed by atoms with E-state index in [0.717, 1.165) is 30.0 Å². The number of hydrogen-bond donors (Lipinski definition) is 2. The van der Waals surface area contributed by atoms with Crippen LogP contribution in [0.3, 0.4) is 0 Å². The van der Waals surface area contributed by atoms with Crippen molar-refractivity contribution in [2.45, 2.75) is 180 Å². The molecule has 6 heterocycles. The summed E-state index contributed by atoms with van der Waals surface area (Å²) in [6.45, 7) is 29.9. The van der Waals surface area contributed by atoms with Crippen molar-refractivity contribution in [2.24, 2.45) is 61.6 Å². The maximum absolute atomic E-state index is 10.3. The van der Waals surface area contributed by atoms with Gasteiger partial charge in [-0.25, -0.2) is 24.3 Å². The molecule has 13 rings (SSSR count). The molecule has 5 saturated carbocycles. The first kappa shape index (κ1) is 96.4. The van der Waals surface area contributed by atoms with Gasteiger partial charge < -0.3 is 62.3 Å². The van der Waals surface area contributed by atoms with E-state index in [1.807, 2.05) is 81.1 Å². The predicted molar refractivity (Wildman–Crippen MR) is 402 cm³/mol. The number of aryl methyl sites for hydroxylation is 5. The first-order valence-corrected chi connectivity index (χ1v) is 35.6. The van der Waals surface area contributed by atoms with Crippen LogP contribution in [0.5, 0.6) is 0 Å². The van der Waals surface area contributed by atoms with E-state index in [0.29, 0.717) is 30.7 Å². The van der Waals surface area contributed by atoms with Gasteiger partial charge in [0.25, 0.3) is 0 Å². The Morgan fingerprint density at radius 3 is 1.51 bits per heavy atom. The molecule has 4 atom stereocenters. The summed E-state index contributed by atoms with van der Waals surface area (Å²) in [4.78, 5) is 43.6. The summed E-state index contributed by atoms with van der Waals surface area (Å²) >= 11 is 0. The number of pyridine rings is 2. The molecule has 19 nitrogen and oxygen atoms in total. The van der Waals surface area contributed by atoms with Gasteiger partial charge >= 0.3 is 11.9 Å². The van der Waals surface area contributed by atoms with Gasteiger partial charge in [0.05, 0.1) is 40.2 Å². The Kier molecular flexibility index (Phi) is 52.1. The van der Waals surface area contributed by atoms with Crippen molar-refractivity contribution < 1.29 is 77.8 Å². The van der Waals surface area contributed by atoms with Crippen LogP contribution in [0, 0.1) is 47.3 Å². The number of ether oxygens (including phenoxy) is 2. The zero-order chi connectivity index (χ0) is 72.2. The van der Waals surface area contributed by atoms with Gasteiger partial charge in [-0.2, -0.15) is 5.10 Å². The number of fused-ring (bicyclic) bond motifs is 10. The number of benzene rings is 2. The average molecular weight is 1480 g/mol. The topological polar surface area (TPSA) is 188 Å². The number of likely N-dealkylation sites (tertiary alicyclic amines) is 1. The summed E-state index contributed by atoms with van der Waals surface area (Å²) in [6.07, 6.45) is 36.0. The van der Waals surface area contributed by atoms with Crippen molar-refractivity contribution in [1.29, 1.82) is 0 Å². The van der Waals surface area contributed by atoms with E-state index in [4.69, 9.17) is 15.3 Å². The van der Waals surface area contributed by atoms with Gasteiger partial charge in [0.1, 0.15) is 39.0 Å². The van der Waals surface area contributed by atoms with Gasteiger partial charge in [0.15, 0.2) is 12.4 Å². The lowest BCUT2D eigenvalue weighted by Gasteiger charge is -2.34. The van der Waals surface area contributed by atoms with Crippen molar-refractivity contribution in [3.63, 3.8) is 0 Å². The molecule has 568 valence electrons. The van der Waals surface area contributed by atoms with Crippen LogP contribution in [0.4, 0.5) is 0 Å². The van der Waals surface area contributed by atoms with Crippen LogP contribution in [0.25, 0.3) is 21.8 Å². The van der Waals surface area contributed by atoms with Gasteiger partial charge in [0, 0.05) is 100 Å². The third kappa shape index (κ3) is 39.1. The summed E-state index contributed by atoms with van der Waals surface area (Å²) < 4.78 is 18.2. The lowest BCUT2D eigenvalue weighted by atomic mass is 9.71. The molecule has 5 aliphatic carbocycles. The Balaban J connectivity index is 0. The number of rotatable bonds is 10. The second-order valence-electron chi connectivity index (χ2n) is 28.3. The summed E-state index contributed by atoms with van der Waals surface area (Å²) in [5.41, 5.74) is 5.22. The number of likely N-dealkylation sites (N-methyl/N-ethyl adjacent to an activating group) is 2. The molecular weight excluding hydrogens is 1350 g/mol. The number of carbonyl (C=O) groups excluding carboxylic acids is 2. The highest BCUT2D eigenvalue weighted by molar-refractivity contribution is 6.07. The molecule has 2 N–H and O–H groups in total. The van der Waals surface area contributed by atoms with E-state index in [1.54, 1.807) is 95.2 Å². The van der Waals surface area contributed by atoms with Crippen molar-refractivity contribution in [1.82, 2.24) is 43.7 Å². The Morgan fingerprint density at radius 2 is 1.21 bits per heavy atom. The largest absolute Gasteiger partial charge is 1.00 e. The van der Waals surface area contributed by atoms with E-state index in [9.17, 15) is 9.59 Å². The molecule has 5 aromatic heterocycles. The van der Waals surface area contributed by atoms with Crippen LogP contribution in [0.1, 0.15) is 166 Å². The number of para-hydroxylation sites is 2. The van der Waals surface area contributed by atoms with E-state index in [1.165, 1.54) is 136 Å². The van der Waals surface area contributed by atoms with Crippen LogP contribution in [0.15, 0.2) is 135 Å². The third-order valence-corrected chi connectivity index (χ3v) is 19.1. The first-order chi connectivity index (χ1) is 46.2. The van der Waals surface area contributed by atoms with Crippen LogP contribution >= 0.6 is 0 Å². The number of esters is 2. The monoisotopic (exact) mass is 1480 g/mol. The molecule has 100 heavy (non-hydrogen) atoms. The molecule has 21 heteroatoms. The highest BCUT2D eigenvalue weighted by atomic mass is 79.9. The second-order valence-corrected chi connectivity index (χ2v) is 28.3. The second kappa shape index (κ2) is 54.0. The molecular formula is C79H135BrClN11O8. The fourth-order valence-corrected chi connectivity index (χ4v) is 13.0. The van der Waals surface area contributed by atoms with Crippen molar-refractivity contribution in [2.75, 3.05) is 87.8 Å². The average Bonchev–Trinajstić information content (AvgIpc) is 1.59. The van der Waals surface area contributed by atoms with Crippen molar-refractivity contribution >= 4 is 33.7 Å². The number of imidazole rings is 1. The highest BCUT2D eigenvalue weighted by Gasteiger charge is 2.55. The molecule has 6 fully saturated rings. The number of quaternary nitrogens is 1. The summed E-state index contributed by atoms with van der Waals surface area (Å²) in [5, 5.41) is 21.4. The summed E-state index contributed by atoms with van der Waals surface area (Å²) in [7, 11) is 15.9. The Morgan fingerprint density at radius 1 is 0.700 bits per heavy atom. The van der Waals surface area contributed by atoms with E-state index in [-0.39, 0.29) is 54.9 Å². The van der Waals surface area contributed by atoms with Gasteiger partial charge in [-0.3, -0.25) is 29.8 Å². The zero-order valence-electron chi connectivity index (χ0n) is 64.2. The molecule has 0 spiro atoms. The standard InChI is InChI=1S/C13H11N.C10H16.C10H18.C7H16NO2.C7H15N.C7H10N.C6H13NO2.C6H7N.C4H6N2.C3H5N3.C3H8O2.C2H6O2.CH4.BrH.ClH/c1-14-12-8-4-2-6-10(12)11-7-3-5-9-13(11)14;1-2-9-7-4-5-8(6-7)10(9)3-1;1-9(2)8-4-6-10(9,3)7-5-8;1-7(9)10-6-5-8(2,3)4;2*1-2-8-6-4-3-5-7-8;1-6(8)9-5-4-7(2)3;1-6-2-4-7-5-3-6;1-6-3-2-5-4-6;1-6-3-4-2-5-6;1-3(2)5-4;1-2-4-3;;;/h2-9H,1H3;7-10H,1-6H2;8H,4-7H2,1-3H3;5-6H2,1-4H3;2-7H2,1H3;3-7H,2H2,1H3;4-5H2,1-3H3;2-5H,1H3;2-4H,1H3;2-3H,1H3;3-4H,1-2H3;3H,2H2,1H3;1H4;2*1H/q;;;+1;;+1;;;;;;;;;/p-2. The minimum Gasteiger partial charge on any atom is -1.00 e. The number of halogens is 2. The molecule has 0 amide bonds. The lowest BCUT2D eigenvalue weighted by Crippen LogP contribution is -3.00. The first-order valence-electron chi connectivity index (χ1n) is 35.6. The molecule has 6 aliphatic rings. The quantitative estimate of drug-likeness (QED) is 0.0433. The third-order valence-electron chi connectivity index (χ3n) is 19.1. The molecule has 1 aliphatic heterocycles. The van der Waals surface area contributed by atoms with Gasteiger partial charge in [0.2, 0.25) is 0 Å². The molecule has 4 unspecified atom stereocenters. The SMILES string of the molecule is C.C1CC2C3CCC(C3)C2C1.CC(=O)OCCN(C)C.CC(=O)OCC[N+](C)(C)C.CC(C)OO.CC12CCC(CC1)C2(C)C.CCN1CCCCC1.CCOO.CC[n+]1ccccc1.Cc1ccncc1.Cn1c2ccccc2c2ccccc21.Cn1ccnc1.Cn1cncn1.[Br-].[Cl-]. The maximum atomic E-state index is 10.3. The lowest BCUT2D eigenvalue weighted by molar-refractivity contribution is -0.870. The van der Waals surface area contributed by atoms with Crippen LogP contribution in [-0.4, -0.2) is 164 Å². The molecule has 1 saturated heterocycles. The summed E-state index contributed by atoms with van der Waals surface area (Å²) in [6, 6.07) is 27.1. The number of hydrogen-bond acceptors (Lipinski definition) is 14. The van der Waals surface area contributed by atoms with E-state index < -0.39 is 0 Å². The number of aromatic nitrogens is 8. The number of carbonyl (C=O) groups is 2. The van der Waals surface area contributed by atoms with E-state index in [2.05, 4.69) is 172 Å². The fraction of sp³-hybridized carbons (Fsp3) is 0.633. The molecule has 4 bridgehead atoms. The van der Waals surface area contributed by atoms with Crippen LogP contribution < -0.4 is 34.0 Å². The number of nitrogens with zero attached hydrogens (tertiary/aromatic N) is 11. The minimum absolute atomic E-state index is 0. The van der Waals surface area contributed by atoms with Crippen LogP contribution in [0.2, 0.25) is 0 Å². The Labute approximate surface area is 621 Å². The summed E-state index contributed by atoms with van der Waals surface area (Å²) in [5.74, 6) is 5.44. The zero-order valence-corrected chi connectivity index (χ0v) is 66.6. The van der Waals surface area contributed by atoms with Gasteiger partial charge in [-0.1, -0.05) is 90.4 Å². The van der Waals surface area contributed by atoms with E-state index >= 15 is 0 Å². The molecule has 7 aromatic rings. The Bertz CT molecular complexity index is 2960. The number of piperidine rings is 1. The van der Waals surface area contributed by atoms with Gasteiger partial charge in [-0.05, 0) is 209 Å². The van der Waals surface area contributed by atoms with Crippen LogP contribution in [-0.2, 0) is 56.5 Å².